The van der Waals surface area contributed by atoms with Gasteiger partial charge in [0.25, 0.3) is 0 Å². The van der Waals surface area contributed by atoms with E-state index in [0.29, 0.717) is 12.1 Å². The van der Waals surface area contributed by atoms with E-state index in [1.165, 1.54) is 0 Å². The third-order valence-electron chi connectivity index (χ3n) is 3.53. The minimum absolute atomic E-state index is 0.00321. The van der Waals surface area contributed by atoms with E-state index in [1.807, 2.05) is 38.1 Å². The normalized spacial score (nSPS) is 22.6. The van der Waals surface area contributed by atoms with Gasteiger partial charge in [-0.2, -0.15) is 0 Å². The third-order valence-corrected chi connectivity index (χ3v) is 3.53. The van der Waals surface area contributed by atoms with Crippen LogP contribution in [0, 0.1) is 5.92 Å². The van der Waals surface area contributed by atoms with Crippen molar-refractivity contribution in [3.05, 3.63) is 24.3 Å². The highest BCUT2D eigenvalue weighted by molar-refractivity contribution is 5.92. The molecule has 1 saturated heterocycles. The zero-order valence-electron chi connectivity index (χ0n) is 12.5. The van der Waals surface area contributed by atoms with Crippen molar-refractivity contribution in [1.82, 2.24) is 0 Å². The van der Waals surface area contributed by atoms with Gasteiger partial charge in [-0.3, -0.25) is 4.79 Å². The van der Waals surface area contributed by atoms with E-state index in [2.05, 4.69) is 17.6 Å². The maximum absolute atomic E-state index is 11.6. The van der Waals surface area contributed by atoms with Crippen LogP contribution in [-0.2, 0) is 9.53 Å². The van der Waals surface area contributed by atoms with Crippen LogP contribution in [0.4, 0.5) is 11.4 Å². The molecule has 2 N–H and O–H groups in total. The number of nitrogens with one attached hydrogen (secondary N) is 2. The lowest BCUT2D eigenvalue weighted by molar-refractivity contribution is -0.118. The lowest BCUT2D eigenvalue weighted by atomic mass is 10.0. The fraction of sp³-hybridized carbons (Fsp3) is 0.562. The SMILES string of the molecule is CC1CC(Nc2ccc(NC(=O)C(C)C)cc2)CCO1. The van der Waals surface area contributed by atoms with E-state index in [9.17, 15) is 4.79 Å². The Balaban J connectivity index is 1.89. The summed E-state index contributed by atoms with van der Waals surface area (Å²) in [5.41, 5.74) is 1.93. The second-order valence-corrected chi connectivity index (χ2v) is 5.77. The Labute approximate surface area is 120 Å². The highest BCUT2D eigenvalue weighted by atomic mass is 16.5. The van der Waals surface area contributed by atoms with Gasteiger partial charge in [0.1, 0.15) is 0 Å². The average molecular weight is 276 g/mol. The summed E-state index contributed by atoms with van der Waals surface area (Å²) in [4.78, 5) is 11.6. The Morgan fingerprint density at radius 2 is 1.90 bits per heavy atom. The fourth-order valence-corrected chi connectivity index (χ4v) is 2.30. The lowest BCUT2D eigenvalue weighted by Gasteiger charge is -2.28. The maximum atomic E-state index is 11.6. The molecule has 1 heterocycles. The minimum Gasteiger partial charge on any atom is -0.382 e. The van der Waals surface area contributed by atoms with Crippen LogP contribution in [0.5, 0.6) is 0 Å². The smallest absolute Gasteiger partial charge is 0.226 e. The van der Waals surface area contributed by atoms with Crippen molar-refractivity contribution < 1.29 is 9.53 Å². The van der Waals surface area contributed by atoms with Crippen molar-refractivity contribution in [3.8, 4) is 0 Å². The predicted molar refractivity (Wildman–Crippen MR) is 82.0 cm³/mol. The summed E-state index contributed by atoms with van der Waals surface area (Å²) in [5.74, 6) is 0.0421. The van der Waals surface area contributed by atoms with Crippen molar-refractivity contribution in [2.45, 2.75) is 45.8 Å². The van der Waals surface area contributed by atoms with E-state index in [1.54, 1.807) is 0 Å². The Bertz CT molecular complexity index is 442. The van der Waals surface area contributed by atoms with Crippen molar-refractivity contribution in [2.24, 2.45) is 5.92 Å². The summed E-state index contributed by atoms with van der Waals surface area (Å²) in [6.07, 6.45) is 2.40. The molecule has 0 aromatic heterocycles. The molecule has 20 heavy (non-hydrogen) atoms. The average Bonchev–Trinajstić information content (AvgIpc) is 2.41. The van der Waals surface area contributed by atoms with Crippen LogP contribution in [-0.4, -0.2) is 24.7 Å². The van der Waals surface area contributed by atoms with Gasteiger partial charge in [0, 0.05) is 29.9 Å². The number of carbonyl (C=O) groups is 1. The molecule has 1 amide bonds. The Hall–Kier alpha value is -1.55. The number of amides is 1. The monoisotopic (exact) mass is 276 g/mol. The largest absolute Gasteiger partial charge is 0.382 e. The van der Waals surface area contributed by atoms with Crippen molar-refractivity contribution >= 4 is 17.3 Å². The van der Waals surface area contributed by atoms with Crippen molar-refractivity contribution in [3.63, 3.8) is 0 Å². The Morgan fingerprint density at radius 3 is 2.50 bits per heavy atom. The highest BCUT2D eigenvalue weighted by Crippen LogP contribution is 2.20. The van der Waals surface area contributed by atoms with Gasteiger partial charge in [0.2, 0.25) is 5.91 Å². The lowest BCUT2D eigenvalue weighted by Crippen LogP contribution is -2.32. The first kappa shape index (κ1) is 14.9. The second-order valence-electron chi connectivity index (χ2n) is 5.77. The molecule has 110 valence electrons. The molecule has 1 aliphatic rings. The van der Waals surface area contributed by atoms with E-state index < -0.39 is 0 Å². The highest BCUT2D eigenvalue weighted by Gasteiger charge is 2.18. The quantitative estimate of drug-likeness (QED) is 0.887. The van der Waals surface area contributed by atoms with Crippen LogP contribution in [0.2, 0.25) is 0 Å². The third kappa shape index (κ3) is 4.23. The van der Waals surface area contributed by atoms with Crippen LogP contribution < -0.4 is 10.6 Å². The number of rotatable bonds is 4. The van der Waals surface area contributed by atoms with Crippen LogP contribution in [0.1, 0.15) is 33.6 Å². The topological polar surface area (TPSA) is 50.4 Å². The van der Waals surface area contributed by atoms with Gasteiger partial charge in [-0.05, 0) is 44.0 Å². The molecule has 0 saturated carbocycles. The molecular weight excluding hydrogens is 252 g/mol. The maximum Gasteiger partial charge on any atom is 0.226 e. The van der Waals surface area contributed by atoms with Crippen molar-refractivity contribution in [1.29, 1.82) is 0 Å². The molecule has 1 fully saturated rings. The molecule has 0 radical (unpaired) electrons. The molecule has 1 aromatic carbocycles. The van der Waals surface area contributed by atoms with Gasteiger partial charge in [0.05, 0.1) is 6.10 Å². The number of ether oxygens (including phenoxy) is 1. The number of hydrogen-bond acceptors (Lipinski definition) is 3. The van der Waals surface area contributed by atoms with Gasteiger partial charge in [-0.15, -0.1) is 0 Å². The first-order chi connectivity index (χ1) is 9.54. The molecule has 4 heteroatoms. The molecule has 0 bridgehead atoms. The summed E-state index contributed by atoms with van der Waals surface area (Å²) < 4.78 is 5.54. The first-order valence-electron chi connectivity index (χ1n) is 7.33. The summed E-state index contributed by atoms with van der Waals surface area (Å²) in [7, 11) is 0. The zero-order valence-corrected chi connectivity index (χ0v) is 12.5. The number of benzene rings is 1. The molecule has 1 aromatic rings. The minimum atomic E-state index is -0.00321. The zero-order chi connectivity index (χ0) is 14.5. The van der Waals surface area contributed by atoms with Gasteiger partial charge < -0.3 is 15.4 Å². The van der Waals surface area contributed by atoms with Gasteiger partial charge in [-0.1, -0.05) is 13.8 Å². The van der Waals surface area contributed by atoms with Gasteiger partial charge in [-0.25, -0.2) is 0 Å². The predicted octanol–water partition coefficient (Wildman–Crippen LogP) is 3.26. The number of hydrogen-bond donors (Lipinski definition) is 2. The van der Waals surface area contributed by atoms with E-state index in [4.69, 9.17) is 4.74 Å². The van der Waals surface area contributed by atoms with Crippen LogP contribution >= 0.6 is 0 Å². The van der Waals surface area contributed by atoms with Gasteiger partial charge in [0.15, 0.2) is 0 Å². The Morgan fingerprint density at radius 1 is 1.25 bits per heavy atom. The molecule has 2 atom stereocenters. The molecule has 2 unspecified atom stereocenters. The molecule has 0 aliphatic carbocycles. The van der Waals surface area contributed by atoms with Crippen LogP contribution in [0.25, 0.3) is 0 Å². The molecule has 2 rings (SSSR count). The number of carbonyl (C=O) groups excluding carboxylic acids is 1. The second kappa shape index (κ2) is 6.75. The fourth-order valence-electron chi connectivity index (χ4n) is 2.30. The summed E-state index contributed by atoms with van der Waals surface area (Å²) in [5, 5.41) is 6.41. The standard InChI is InChI=1S/C16H24N2O2/c1-11(2)16(19)18-14-6-4-13(5-7-14)17-15-8-9-20-12(3)10-15/h4-7,11-12,15,17H,8-10H2,1-3H3,(H,18,19). The molecule has 1 aliphatic heterocycles. The first-order valence-corrected chi connectivity index (χ1v) is 7.33. The Kier molecular flexibility index (Phi) is 5.01. The summed E-state index contributed by atoms with van der Waals surface area (Å²) in [6, 6.07) is 8.36. The van der Waals surface area contributed by atoms with E-state index >= 15 is 0 Å². The summed E-state index contributed by atoms with van der Waals surface area (Å²) in [6.45, 7) is 6.70. The molecule has 4 nitrogen and oxygen atoms in total. The van der Waals surface area contributed by atoms with Crippen molar-refractivity contribution in [2.75, 3.05) is 17.2 Å². The van der Waals surface area contributed by atoms with Crippen LogP contribution in [0.3, 0.4) is 0 Å². The summed E-state index contributed by atoms with van der Waals surface area (Å²) >= 11 is 0. The molecule has 0 spiro atoms. The van der Waals surface area contributed by atoms with Crippen LogP contribution in [0.15, 0.2) is 24.3 Å². The van der Waals surface area contributed by atoms with E-state index in [0.717, 1.165) is 30.8 Å². The van der Waals surface area contributed by atoms with Gasteiger partial charge >= 0.3 is 0 Å². The van der Waals surface area contributed by atoms with E-state index in [-0.39, 0.29) is 11.8 Å². The molecular formula is C16H24N2O2. The number of anilines is 2.